The Morgan fingerprint density at radius 2 is 2.24 bits per heavy atom. The van der Waals surface area contributed by atoms with Crippen molar-refractivity contribution in [1.29, 1.82) is 0 Å². The van der Waals surface area contributed by atoms with Crippen molar-refractivity contribution in [3.63, 3.8) is 0 Å². The predicted octanol–water partition coefficient (Wildman–Crippen LogP) is 4.35. The van der Waals surface area contributed by atoms with Crippen LogP contribution in [-0.2, 0) is 0 Å². The highest BCUT2D eigenvalue weighted by atomic mass is 79.9. The molecule has 92 valence electrons. The molecule has 0 bridgehead atoms. The van der Waals surface area contributed by atoms with Crippen LogP contribution in [0.1, 0.15) is 37.8 Å². The molecule has 0 heterocycles. The van der Waals surface area contributed by atoms with Crippen LogP contribution in [0.2, 0.25) is 0 Å². The number of hydrogen-bond acceptors (Lipinski definition) is 1. The van der Waals surface area contributed by atoms with Gasteiger partial charge < -0.3 is 5.32 Å². The third kappa shape index (κ3) is 3.39. The van der Waals surface area contributed by atoms with Crippen LogP contribution in [0, 0.1) is 5.82 Å². The van der Waals surface area contributed by atoms with Crippen LogP contribution in [0.3, 0.4) is 0 Å². The third-order valence-electron chi connectivity index (χ3n) is 3.18. The second kappa shape index (κ2) is 5.78. The highest BCUT2D eigenvalue weighted by Gasteiger charge is 2.16. The van der Waals surface area contributed by atoms with Gasteiger partial charge in [-0.05, 0) is 38.3 Å². The Kier molecular flexibility index (Phi) is 4.35. The van der Waals surface area contributed by atoms with Crippen molar-refractivity contribution in [2.24, 2.45) is 0 Å². The molecule has 2 atom stereocenters. The lowest BCUT2D eigenvalue weighted by Gasteiger charge is -2.24. The van der Waals surface area contributed by atoms with Crippen molar-refractivity contribution < 1.29 is 4.39 Å². The van der Waals surface area contributed by atoms with Crippen LogP contribution in [0.25, 0.3) is 0 Å². The van der Waals surface area contributed by atoms with Gasteiger partial charge in [0.2, 0.25) is 0 Å². The quantitative estimate of drug-likeness (QED) is 0.818. The Morgan fingerprint density at radius 1 is 1.41 bits per heavy atom. The first-order valence-electron chi connectivity index (χ1n) is 6.03. The second-order valence-electron chi connectivity index (χ2n) is 4.54. The molecule has 0 spiro atoms. The van der Waals surface area contributed by atoms with E-state index in [2.05, 4.69) is 33.4 Å². The van der Waals surface area contributed by atoms with Gasteiger partial charge in [-0.3, -0.25) is 0 Å². The lowest BCUT2D eigenvalue weighted by atomic mass is 9.99. The molecule has 1 aromatic carbocycles. The summed E-state index contributed by atoms with van der Waals surface area (Å²) in [6.07, 6.45) is 7.71. The van der Waals surface area contributed by atoms with Crippen molar-refractivity contribution in [3.05, 3.63) is 46.2 Å². The van der Waals surface area contributed by atoms with E-state index in [1.165, 1.54) is 6.07 Å². The first kappa shape index (κ1) is 12.8. The minimum atomic E-state index is -0.147. The highest BCUT2D eigenvalue weighted by Crippen LogP contribution is 2.23. The normalized spacial score (nSPS) is 21.5. The van der Waals surface area contributed by atoms with Crippen molar-refractivity contribution in [2.75, 3.05) is 0 Å². The van der Waals surface area contributed by atoms with Gasteiger partial charge in [0, 0.05) is 22.1 Å². The van der Waals surface area contributed by atoms with E-state index < -0.39 is 0 Å². The SMILES string of the molecule is CC(NC1CC=CCC1)c1ccc(Br)cc1F. The fourth-order valence-electron chi connectivity index (χ4n) is 2.24. The summed E-state index contributed by atoms with van der Waals surface area (Å²) in [5.41, 5.74) is 0.739. The molecule has 17 heavy (non-hydrogen) atoms. The molecule has 1 aliphatic rings. The molecule has 0 amide bonds. The number of hydrogen-bond donors (Lipinski definition) is 1. The standard InChI is InChI=1S/C14H17BrFN/c1-10(17-12-5-3-2-4-6-12)13-8-7-11(15)9-14(13)16/h2-3,7-10,12,17H,4-6H2,1H3. The number of nitrogens with one attached hydrogen (secondary N) is 1. The van der Waals surface area contributed by atoms with Crippen molar-refractivity contribution in [2.45, 2.75) is 38.3 Å². The predicted molar refractivity (Wildman–Crippen MR) is 72.4 cm³/mol. The maximum absolute atomic E-state index is 13.8. The molecule has 0 radical (unpaired) electrons. The molecule has 0 saturated heterocycles. The fourth-order valence-corrected chi connectivity index (χ4v) is 2.57. The van der Waals surface area contributed by atoms with Crippen LogP contribution in [0.4, 0.5) is 4.39 Å². The second-order valence-corrected chi connectivity index (χ2v) is 5.45. The molecule has 2 rings (SSSR count). The topological polar surface area (TPSA) is 12.0 Å². The summed E-state index contributed by atoms with van der Waals surface area (Å²) in [6, 6.07) is 5.78. The minimum absolute atomic E-state index is 0.0552. The zero-order chi connectivity index (χ0) is 12.3. The zero-order valence-corrected chi connectivity index (χ0v) is 11.5. The van der Waals surface area contributed by atoms with Crippen LogP contribution in [0.15, 0.2) is 34.8 Å². The molecular weight excluding hydrogens is 281 g/mol. The van der Waals surface area contributed by atoms with Gasteiger partial charge in [-0.25, -0.2) is 4.39 Å². The van der Waals surface area contributed by atoms with E-state index in [1.807, 2.05) is 19.1 Å². The van der Waals surface area contributed by atoms with E-state index >= 15 is 0 Å². The molecule has 3 heteroatoms. The Hall–Kier alpha value is -0.670. The first-order chi connectivity index (χ1) is 8.16. The zero-order valence-electron chi connectivity index (χ0n) is 9.92. The largest absolute Gasteiger partial charge is 0.307 e. The summed E-state index contributed by atoms with van der Waals surface area (Å²) in [6.45, 7) is 2.02. The molecule has 1 nitrogen and oxygen atoms in total. The van der Waals surface area contributed by atoms with E-state index in [-0.39, 0.29) is 11.9 Å². The van der Waals surface area contributed by atoms with E-state index in [4.69, 9.17) is 0 Å². The molecule has 1 aromatic rings. The maximum atomic E-state index is 13.8. The molecule has 0 aliphatic heterocycles. The van der Waals surface area contributed by atoms with Gasteiger partial charge in [0.1, 0.15) is 5.82 Å². The summed E-state index contributed by atoms with van der Waals surface area (Å²) in [7, 11) is 0. The molecule has 0 aromatic heterocycles. The van der Waals surface area contributed by atoms with E-state index in [0.717, 1.165) is 29.3 Å². The summed E-state index contributed by atoms with van der Waals surface area (Å²) in [5.74, 6) is -0.147. The van der Waals surface area contributed by atoms with Gasteiger partial charge in [0.05, 0.1) is 0 Å². The summed E-state index contributed by atoms with van der Waals surface area (Å²) >= 11 is 3.27. The van der Waals surface area contributed by atoms with Gasteiger partial charge in [-0.2, -0.15) is 0 Å². The van der Waals surface area contributed by atoms with Gasteiger partial charge in [-0.1, -0.05) is 34.1 Å². The van der Waals surface area contributed by atoms with Gasteiger partial charge in [-0.15, -0.1) is 0 Å². The van der Waals surface area contributed by atoms with Crippen LogP contribution in [0.5, 0.6) is 0 Å². The Labute approximate surface area is 110 Å². The first-order valence-corrected chi connectivity index (χ1v) is 6.82. The third-order valence-corrected chi connectivity index (χ3v) is 3.68. The fraction of sp³-hybridized carbons (Fsp3) is 0.429. The number of halogens is 2. The van der Waals surface area contributed by atoms with Gasteiger partial charge >= 0.3 is 0 Å². The van der Waals surface area contributed by atoms with Crippen molar-refractivity contribution >= 4 is 15.9 Å². The molecule has 2 unspecified atom stereocenters. The molecule has 0 fully saturated rings. The van der Waals surface area contributed by atoms with E-state index in [1.54, 1.807) is 0 Å². The van der Waals surface area contributed by atoms with Crippen LogP contribution in [-0.4, -0.2) is 6.04 Å². The Morgan fingerprint density at radius 3 is 2.88 bits per heavy atom. The summed E-state index contributed by atoms with van der Waals surface area (Å²) in [4.78, 5) is 0. The van der Waals surface area contributed by atoms with Gasteiger partial charge in [0.15, 0.2) is 0 Å². The van der Waals surface area contributed by atoms with E-state index in [9.17, 15) is 4.39 Å². The highest BCUT2D eigenvalue weighted by molar-refractivity contribution is 9.10. The van der Waals surface area contributed by atoms with Crippen molar-refractivity contribution in [1.82, 2.24) is 5.32 Å². The van der Waals surface area contributed by atoms with Crippen LogP contribution >= 0.6 is 15.9 Å². The Balaban J connectivity index is 2.03. The number of benzene rings is 1. The lowest BCUT2D eigenvalue weighted by Crippen LogP contribution is -2.32. The molecule has 0 saturated carbocycles. The summed E-state index contributed by atoms with van der Waals surface area (Å²) in [5, 5.41) is 3.49. The lowest BCUT2D eigenvalue weighted by molar-refractivity contribution is 0.416. The molecular formula is C14H17BrFN. The van der Waals surface area contributed by atoms with E-state index in [0.29, 0.717) is 6.04 Å². The minimum Gasteiger partial charge on any atom is -0.307 e. The molecule has 1 aliphatic carbocycles. The average molecular weight is 298 g/mol. The maximum Gasteiger partial charge on any atom is 0.129 e. The number of rotatable bonds is 3. The van der Waals surface area contributed by atoms with Gasteiger partial charge in [0.25, 0.3) is 0 Å². The smallest absolute Gasteiger partial charge is 0.129 e. The number of allylic oxidation sites excluding steroid dienone is 1. The summed E-state index contributed by atoms with van der Waals surface area (Å²) < 4.78 is 14.6. The van der Waals surface area contributed by atoms with Crippen molar-refractivity contribution in [3.8, 4) is 0 Å². The average Bonchev–Trinajstić information content (AvgIpc) is 2.30. The van der Waals surface area contributed by atoms with Crippen LogP contribution < -0.4 is 5.32 Å². The monoisotopic (exact) mass is 297 g/mol. The Bertz CT molecular complexity index is 417. The molecule has 1 N–H and O–H groups in total.